The topological polar surface area (TPSA) is 97.1 Å². The van der Waals surface area contributed by atoms with E-state index in [1.165, 1.54) is 9.20 Å². The standard InChI is InChI=1S/C17H17F3N6O2S/c1-16(2,3)12-13(28)22-14-24-25(15(29)26(14)23-12)8-11(27)21-10-6-4-9(5-7-10)17(18,19)20/h4-7H,8H2,1-3H3,(H,21,27)(H,22,24,28). The normalized spacial score (nSPS) is 12.3. The minimum absolute atomic E-state index is 0.0790. The quantitative estimate of drug-likeness (QED) is 0.628. The van der Waals surface area contributed by atoms with Gasteiger partial charge in [-0.05, 0) is 36.5 Å². The van der Waals surface area contributed by atoms with E-state index in [2.05, 4.69) is 20.5 Å². The van der Waals surface area contributed by atoms with Crippen molar-refractivity contribution in [1.29, 1.82) is 0 Å². The van der Waals surface area contributed by atoms with Crippen molar-refractivity contribution >= 4 is 29.6 Å². The highest BCUT2D eigenvalue weighted by Crippen LogP contribution is 2.29. The second-order valence-electron chi connectivity index (χ2n) is 7.35. The Hall–Kier alpha value is -3.02. The number of nitrogens with one attached hydrogen (secondary N) is 2. The number of aromatic amines is 1. The van der Waals surface area contributed by atoms with Crippen LogP contribution in [0.3, 0.4) is 0 Å². The van der Waals surface area contributed by atoms with Gasteiger partial charge in [-0.3, -0.25) is 14.6 Å². The summed E-state index contributed by atoms with van der Waals surface area (Å²) >= 11 is 5.27. The maximum absolute atomic E-state index is 12.6. The Bertz CT molecular complexity index is 1190. The number of hydrogen-bond donors (Lipinski definition) is 2. The van der Waals surface area contributed by atoms with Crippen LogP contribution in [-0.4, -0.2) is 30.3 Å². The van der Waals surface area contributed by atoms with Crippen LogP contribution in [0.2, 0.25) is 0 Å². The summed E-state index contributed by atoms with van der Waals surface area (Å²) in [4.78, 5) is 27.0. The van der Waals surface area contributed by atoms with E-state index in [4.69, 9.17) is 12.2 Å². The fourth-order valence-electron chi connectivity index (χ4n) is 2.55. The lowest BCUT2D eigenvalue weighted by Gasteiger charge is -2.15. The molecule has 3 aromatic rings. The Balaban J connectivity index is 1.83. The van der Waals surface area contributed by atoms with E-state index in [1.54, 1.807) is 0 Å². The average molecular weight is 426 g/mol. The highest BCUT2D eigenvalue weighted by atomic mass is 32.1. The van der Waals surface area contributed by atoms with E-state index < -0.39 is 28.6 Å². The lowest BCUT2D eigenvalue weighted by atomic mass is 9.93. The van der Waals surface area contributed by atoms with Crippen LogP contribution in [0.4, 0.5) is 18.9 Å². The highest BCUT2D eigenvalue weighted by Gasteiger charge is 2.30. The predicted octanol–water partition coefficient (Wildman–Crippen LogP) is 2.90. The minimum Gasteiger partial charge on any atom is -0.324 e. The summed E-state index contributed by atoms with van der Waals surface area (Å²) in [5.41, 5.74) is -1.30. The smallest absolute Gasteiger partial charge is 0.324 e. The van der Waals surface area contributed by atoms with Crippen molar-refractivity contribution in [3.63, 3.8) is 0 Å². The Kier molecular flexibility index (Phi) is 5.07. The first-order chi connectivity index (χ1) is 13.4. The number of alkyl halides is 3. The number of benzene rings is 1. The molecule has 0 saturated heterocycles. The van der Waals surface area contributed by atoms with Crippen molar-refractivity contribution in [2.24, 2.45) is 0 Å². The molecule has 0 unspecified atom stereocenters. The molecule has 2 heterocycles. The zero-order chi connectivity index (χ0) is 21.6. The van der Waals surface area contributed by atoms with Gasteiger partial charge in [0.1, 0.15) is 12.2 Å². The number of carbonyl (C=O) groups excluding carboxylic acids is 1. The number of nitrogens with zero attached hydrogens (tertiary/aromatic N) is 4. The molecule has 0 radical (unpaired) electrons. The zero-order valence-corrected chi connectivity index (χ0v) is 16.5. The molecule has 29 heavy (non-hydrogen) atoms. The van der Waals surface area contributed by atoms with Gasteiger partial charge in [-0.25, -0.2) is 4.68 Å². The molecule has 1 aromatic carbocycles. The third-order valence-electron chi connectivity index (χ3n) is 3.96. The zero-order valence-electron chi connectivity index (χ0n) is 15.7. The lowest BCUT2D eigenvalue weighted by Crippen LogP contribution is -2.28. The Morgan fingerprint density at radius 3 is 2.34 bits per heavy atom. The molecule has 12 heteroatoms. The van der Waals surface area contributed by atoms with Gasteiger partial charge in [0.15, 0.2) is 0 Å². The van der Waals surface area contributed by atoms with Crippen molar-refractivity contribution in [2.45, 2.75) is 38.9 Å². The first kappa shape index (κ1) is 20.7. The number of amides is 1. The maximum Gasteiger partial charge on any atom is 0.416 e. The van der Waals surface area contributed by atoms with Gasteiger partial charge >= 0.3 is 6.18 Å². The SMILES string of the molecule is CC(C)(C)c1nn2c(=S)n(CC(=O)Nc3ccc(C(F)(F)F)cc3)nc2[nH]c1=O. The van der Waals surface area contributed by atoms with Gasteiger partial charge in [0.05, 0.1) is 5.56 Å². The molecular weight excluding hydrogens is 409 g/mol. The van der Waals surface area contributed by atoms with E-state index >= 15 is 0 Å². The van der Waals surface area contributed by atoms with Crippen LogP contribution < -0.4 is 10.9 Å². The summed E-state index contributed by atoms with van der Waals surface area (Å²) < 4.78 is 40.3. The molecular formula is C17H17F3N6O2S. The molecule has 3 rings (SSSR count). The summed E-state index contributed by atoms with van der Waals surface area (Å²) in [5.74, 6) is -0.474. The summed E-state index contributed by atoms with van der Waals surface area (Å²) in [6.45, 7) is 5.15. The number of anilines is 1. The molecule has 154 valence electrons. The number of carbonyl (C=O) groups is 1. The second-order valence-corrected chi connectivity index (χ2v) is 7.72. The van der Waals surface area contributed by atoms with Crippen molar-refractivity contribution in [2.75, 3.05) is 5.32 Å². The van der Waals surface area contributed by atoms with Crippen molar-refractivity contribution in [3.05, 3.63) is 50.6 Å². The predicted molar refractivity (Wildman–Crippen MR) is 101 cm³/mol. The van der Waals surface area contributed by atoms with Crippen molar-refractivity contribution < 1.29 is 18.0 Å². The maximum atomic E-state index is 12.6. The van der Waals surface area contributed by atoms with E-state index in [-0.39, 0.29) is 28.5 Å². The minimum atomic E-state index is -4.46. The van der Waals surface area contributed by atoms with Crippen LogP contribution >= 0.6 is 12.2 Å². The van der Waals surface area contributed by atoms with Gasteiger partial charge in [-0.15, -0.1) is 5.10 Å². The number of fused-ring (bicyclic) bond motifs is 1. The molecule has 2 aromatic heterocycles. The summed E-state index contributed by atoms with van der Waals surface area (Å²) in [5, 5.41) is 10.8. The Morgan fingerprint density at radius 2 is 1.79 bits per heavy atom. The van der Waals surface area contributed by atoms with Gasteiger partial charge in [0, 0.05) is 11.1 Å². The van der Waals surface area contributed by atoms with E-state index in [9.17, 15) is 22.8 Å². The molecule has 0 aliphatic carbocycles. The highest BCUT2D eigenvalue weighted by molar-refractivity contribution is 7.71. The third kappa shape index (κ3) is 4.36. The Morgan fingerprint density at radius 1 is 1.17 bits per heavy atom. The number of aromatic nitrogens is 5. The van der Waals surface area contributed by atoms with E-state index in [0.717, 1.165) is 24.3 Å². The van der Waals surface area contributed by atoms with Gasteiger partial charge in [0.2, 0.25) is 10.7 Å². The van der Waals surface area contributed by atoms with Gasteiger partial charge in [-0.2, -0.15) is 22.8 Å². The van der Waals surface area contributed by atoms with Crippen molar-refractivity contribution in [3.8, 4) is 0 Å². The fraction of sp³-hybridized carbons (Fsp3) is 0.353. The van der Waals surface area contributed by atoms with E-state index in [1.807, 2.05) is 20.8 Å². The van der Waals surface area contributed by atoms with E-state index in [0.29, 0.717) is 0 Å². The average Bonchev–Trinajstić information content (AvgIpc) is 2.87. The van der Waals surface area contributed by atoms with Crippen LogP contribution in [0.1, 0.15) is 32.0 Å². The molecule has 0 fully saturated rings. The molecule has 0 aliphatic heterocycles. The van der Waals surface area contributed by atoms with Gasteiger partial charge < -0.3 is 5.32 Å². The second kappa shape index (κ2) is 7.10. The number of rotatable bonds is 3. The summed E-state index contributed by atoms with van der Waals surface area (Å²) in [6.07, 6.45) is -4.46. The molecule has 0 bridgehead atoms. The molecule has 0 spiro atoms. The molecule has 2 N–H and O–H groups in total. The Labute approximate surface area is 167 Å². The number of H-pyrrole nitrogens is 1. The summed E-state index contributed by atoms with van der Waals surface area (Å²) in [6, 6.07) is 4.04. The molecule has 0 saturated carbocycles. The van der Waals surface area contributed by atoms with Crippen LogP contribution in [0.15, 0.2) is 29.1 Å². The van der Waals surface area contributed by atoms with Gasteiger partial charge in [-0.1, -0.05) is 20.8 Å². The molecule has 8 nitrogen and oxygen atoms in total. The third-order valence-corrected chi connectivity index (χ3v) is 4.34. The number of hydrogen-bond acceptors (Lipinski definition) is 5. The lowest BCUT2D eigenvalue weighted by molar-refractivity contribution is -0.137. The first-order valence-electron chi connectivity index (χ1n) is 8.44. The molecule has 0 atom stereocenters. The largest absolute Gasteiger partial charge is 0.416 e. The monoisotopic (exact) mass is 426 g/mol. The van der Waals surface area contributed by atoms with Crippen LogP contribution in [0.5, 0.6) is 0 Å². The fourth-order valence-corrected chi connectivity index (χ4v) is 2.78. The van der Waals surface area contributed by atoms with Crippen LogP contribution in [0.25, 0.3) is 5.78 Å². The first-order valence-corrected chi connectivity index (χ1v) is 8.85. The van der Waals surface area contributed by atoms with Gasteiger partial charge in [0.25, 0.3) is 11.3 Å². The number of halogens is 3. The molecule has 0 aliphatic rings. The summed E-state index contributed by atoms with van der Waals surface area (Å²) in [7, 11) is 0. The van der Waals surface area contributed by atoms with Crippen LogP contribution in [-0.2, 0) is 22.9 Å². The van der Waals surface area contributed by atoms with Crippen molar-refractivity contribution in [1.82, 2.24) is 24.4 Å². The molecule has 1 amide bonds. The van der Waals surface area contributed by atoms with Crippen LogP contribution in [0, 0.1) is 4.77 Å².